The van der Waals surface area contributed by atoms with E-state index in [0.717, 1.165) is 53.5 Å². The van der Waals surface area contributed by atoms with Crippen molar-refractivity contribution in [2.24, 2.45) is 0 Å². The monoisotopic (exact) mass is 676 g/mol. The third-order valence-corrected chi connectivity index (χ3v) is 9.32. The zero-order valence-electron chi connectivity index (χ0n) is 24.5. The van der Waals surface area contributed by atoms with Gasteiger partial charge in [-0.25, -0.2) is 0 Å². The molecule has 208 valence electrons. The first-order valence-corrected chi connectivity index (χ1v) is 15.7. The zero-order valence-corrected chi connectivity index (χ0v) is 27.7. The van der Waals surface area contributed by atoms with E-state index in [4.69, 9.17) is 9.47 Å². The Kier molecular flexibility index (Phi) is 6.49. The summed E-state index contributed by atoms with van der Waals surface area (Å²) < 4.78 is 15.5. The lowest BCUT2D eigenvalue weighted by Crippen LogP contribution is -2.25. The highest BCUT2D eigenvalue weighted by atomic mass is 79.9. The maximum Gasteiger partial charge on any atom is 0.136 e. The van der Waals surface area contributed by atoms with Crippen molar-refractivity contribution < 1.29 is 9.47 Å². The maximum absolute atomic E-state index is 6.71. The summed E-state index contributed by atoms with van der Waals surface area (Å²) in [7, 11) is 0. The van der Waals surface area contributed by atoms with Crippen molar-refractivity contribution in [2.45, 2.75) is 41.5 Å². The number of aryl methyl sites for hydroxylation is 6. The Morgan fingerprint density at radius 1 is 0.429 bits per heavy atom. The summed E-state index contributed by atoms with van der Waals surface area (Å²) in [5, 5.41) is 2.07. The normalized spacial score (nSPS) is 13.0. The van der Waals surface area contributed by atoms with Crippen LogP contribution in [-0.2, 0) is 0 Å². The number of ether oxygens (including phenoxy) is 2. The van der Waals surface area contributed by atoms with E-state index in [1.54, 1.807) is 0 Å². The van der Waals surface area contributed by atoms with E-state index in [1.807, 2.05) is 12.1 Å². The van der Waals surface area contributed by atoms with E-state index >= 15 is 0 Å². The van der Waals surface area contributed by atoms with Gasteiger partial charge in [0.15, 0.2) is 0 Å². The summed E-state index contributed by atoms with van der Waals surface area (Å²) in [6.45, 7) is 13.1. The van der Waals surface area contributed by atoms with Crippen LogP contribution >= 0.6 is 31.9 Å². The molecular formula is C38H30Br2O2. The van der Waals surface area contributed by atoms with Gasteiger partial charge in [-0.1, -0.05) is 67.3 Å². The zero-order chi connectivity index (χ0) is 29.4. The van der Waals surface area contributed by atoms with Crippen LogP contribution in [0.4, 0.5) is 0 Å². The number of halogens is 2. The first kappa shape index (κ1) is 27.2. The number of hydrogen-bond donors (Lipinski definition) is 0. The molecule has 5 aromatic carbocycles. The molecule has 0 fully saturated rings. The SMILES string of the molecule is Cc1cc(C)c(C2=c3cc4c(cc3Oc3ccc(Br)cc32)=C(c2c(C)cc(C)cc2C)c2cc(Br)ccc2O4)c(C)c1. The van der Waals surface area contributed by atoms with Gasteiger partial charge in [-0.05, 0) is 123 Å². The molecule has 0 aromatic heterocycles. The van der Waals surface area contributed by atoms with Crippen LogP contribution in [0, 0.1) is 41.5 Å². The lowest BCUT2D eigenvalue weighted by molar-refractivity contribution is 0.455. The van der Waals surface area contributed by atoms with Gasteiger partial charge in [0.05, 0.1) is 0 Å². The fourth-order valence-corrected chi connectivity index (χ4v) is 7.63. The average molecular weight is 678 g/mol. The molecule has 0 N–H and O–H groups in total. The van der Waals surface area contributed by atoms with Gasteiger partial charge in [-0.2, -0.15) is 0 Å². The predicted molar refractivity (Wildman–Crippen MR) is 179 cm³/mol. The highest BCUT2D eigenvalue weighted by Crippen LogP contribution is 2.43. The largest absolute Gasteiger partial charge is 0.456 e. The van der Waals surface area contributed by atoms with Crippen molar-refractivity contribution in [1.29, 1.82) is 0 Å². The van der Waals surface area contributed by atoms with Crippen LogP contribution in [0.25, 0.3) is 11.1 Å². The van der Waals surface area contributed by atoms with Crippen LogP contribution in [-0.4, -0.2) is 0 Å². The second kappa shape index (κ2) is 10.00. The molecule has 2 aliphatic rings. The number of fused-ring (bicyclic) bond motifs is 4. The average Bonchev–Trinajstić information content (AvgIpc) is 2.91. The van der Waals surface area contributed by atoms with Gasteiger partial charge in [0.2, 0.25) is 0 Å². The van der Waals surface area contributed by atoms with Crippen molar-refractivity contribution in [3.8, 4) is 23.0 Å². The van der Waals surface area contributed by atoms with Crippen LogP contribution in [0.3, 0.4) is 0 Å². The van der Waals surface area contributed by atoms with E-state index in [1.165, 1.54) is 55.7 Å². The molecule has 0 amide bonds. The van der Waals surface area contributed by atoms with Gasteiger partial charge < -0.3 is 9.47 Å². The first-order valence-electron chi connectivity index (χ1n) is 14.1. The van der Waals surface area contributed by atoms with Crippen molar-refractivity contribution in [3.05, 3.63) is 148 Å². The summed E-state index contributed by atoms with van der Waals surface area (Å²) in [4.78, 5) is 0. The molecule has 0 saturated heterocycles. The Hall–Kier alpha value is -3.60. The molecule has 5 aromatic rings. The molecule has 0 saturated carbocycles. The minimum Gasteiger partial charge on any atom is -0.456 e. The van der Waals surface area contributed by atoms with Gasteiger partial charge in [-0.3, -0.25) is 0 Å². The summed E-state index contributed by atoms with van der Waals surface area (Å²) >= 11 is 7.43. The highest BCUT2D eigenvalue weighted by molar-refractivity contribution is 9.10. The number of hydrogen-bond acceptors (Lipinski definition) is 2. The molecule has 7 rings (SSSR count). The van der Waals surface area contributed by atoms with E-state index in [0.29, 0.717) is 0 Å². The van der Waals surface area contributed by atoms with Crippen LogP contribution < -0.4 is 19.9 Å². The molecule has 4 heteroatoms. The Labute approximate surface area is 263 Å². The molecule has 0 spiro atoms. The standard InChI is InChI=1S/C38H30Br2O2/c1-19-11-21(3)35(22(4)12-19)37-27-15-25(39)7-9-31(27)41-33-18-30-34(17-29(33)37)42-32-10-8-26(40)16-28(32)38(30)36-23(5)13-20(2)14-24(36)6/h7-18H,1-6H3. The van der Waals surface area contributed by atoms with Crippen molar-refractivity contribution in [3.63, 3.8) is 0 Å². The minimum atomic E-state index is 0.833. The lowest BCUT2D eigenvalue weighted by Gasteiger charge is -2.27. The molecule has 0 atom stereocenters. The summed E-state index contributed by atoms with van der Waals surface area (Å²) in [5.41, 5.74) is 14.4. The van der Waals surface area contributed by atoms with Gasteiger partial charge in [0, 0.05) is 41.7 Å². The minimum absolute atomic E-state index is 0.833. The topological polar surface area (TPSA) is 18.5 Å². The molecular weight excluding hydrogens is 648 g/mol. The number of rotatable bonds is 2. The van der Waals surface area contributed by atoms with E-state index in [9.17, 15) is 0 Å². The van der Waals surface area contributed by atoms with Crippen LogP contribution in [0.15, 0.2) is 81.7 Å². The van der Waals surface area contributed by atoms with E-state index in [2.05, 4.69) is 134 Å². The molecule has 2 aliphatic heterocycles. The van der Waals surface area contributed by atoms with Gasteiger partial charge >= 0.3 is 0 Å². The Morgan fingerprint density at radius 2 is 0.786 bits per heavy atom. The third-order valence-electron chi connectivity index (χ3n) is 8.34. The van der Waals surface area contributed by atoms with Crippen molar-refractivity contribution >= 4 is 43.0 Å². The van der Waals surface area contributed by atoms with E-state index in [-0.39, 0.29) is 0 Å². The Morgan fingerprint density at radius 3 is 1.14 bits per heavy atom. The van der Waals surface area contributed by atoms with Gasteiger partial charge in [0.25, 0.3) is 0 Å². The Bertz CT molecular complexity index is 1920. The van der Waals surface area contributed by atoms with Crippen molar-refractivity contribution in [1.82, 2.24) is 0 Å². The van der Waals surface area contributed by atoms with Gasteiger partial charge in [-0.15, -0.1) is 0 Å². The number of benzene rings is 5. The predicted octanol–water partition coefficient (Wildman–Crippen LogP) is 9.77. The van der Waals surface area contributed by atoms with E-state index < -0.39 is 0 Å². The molecule has 2 nitrogen and oxygen atoms in total. The molecule has 0 bridgehead atoms. The smallest absolute Gasteiger partial charge is 0.136 e. The molecule has 0 aliphatic carbocycles. The second-order valence-electron chi connectivity index (χ2n) is 11.6. The lowest BCUT2D eigenvalue weighted by atomic mass is 9.84. The molecule has 42 heavy (non-hydrogen) atoms. The quantitative estimate of drug-likeness (QED) is 0.181. The third kappa shape index (κ3) is 4.35. The summed E-state index contributed by atoms with van der Waals surface area (Å²) in [6, 6.07) is 26.0. The molecule has 0 unspecified atom stereocenters. The second-order valence-corrected chi connectivity index (χ2v) is 13.5. The molecule has 0 radical (unpaired) electrons. The van der Waals surface area contributed by atoms with Gasteiger partial charge in [0.1, 0.15) is 23.0 Å². The van der Waals surface area contributed by atoms with Crippen LogP contribution in [0.1, 0.15) is 55.6 Å². The van der Waals surface area contributed by atoms with Crippen molar-refractivity contribution in [2.75, 3.05) is 0 Å². The highest BCUT2D eigenvalue weighted by Gasteiger charge is 2.28. The Balaban J connectivity index is 1.66. The fraction of sp³-hybridized carbons (Fsp3) is 0.158. The summed E-state index contributed by atoms with van der Waals surface area (Å²) in [6.07, 6.45) is 0. The molecule has 2 heterocycles. The first-order chi connectivity index (χ1) is 20.1. The maximum atomic E-state index is 6.71. The van der Waals surface area contributed by atoms with Crippen LogP contribution in [0.2, 0.25) is 0 Å². The fourth-order valence-electron chi connectivity index (χ4n) is 6.91. The summed E-state index contributed by atoms with van der Waals surface area (Å²) in [5.74, 6) is 3.37. The van der Waals surface area contributed by atoms with Crippen LogP contribution in [0.5, 0.6) is 23.0 Å².